The maximum absolute atomic E-state index is 12.0. The lowest BCUT2D eigenvalue weighted by Gasteiger charge is -2.27. The standard InChI is InChI=1S/C13H25NO2/c1-11(10-16-3)14(2)9-13(15)12-7-5-4-6-8-12/h11-12H,4-10H2,1-3H3. The molecule has 1 aliphatic rings. The van der Waals surface area contributed by atoms with E-state index in [1.807, 2.05) is 7.05 Å². The molecule has 16 heavy (non-hydrogen) atoms. The number of rotatable bonds is 6. The third-order valence-electron chi connectivity index (χ3n) is 3.63. The Labute approximate surface area is 99.1 Å². The Balaban J connectivity index is 2.31. The van der Waals surface area contributed by atoms with Gasteiger partial charge in [-0.3, -0.25) is 9.69 Å². The molecule has 0 aromatic heterocycles. The fraction of sp³-hybridized carbons (Fsp3) is 0.923. The molecule has 0 heterocycles. The summed E-state index contributed by atoms with van der Waals surface area (Å²) in [6.07, 6.45) is 5.97. The van der Waals surface area contributed by atoms with Gasteiger partial charge in [0.1, 0.15) is 5.78 Å². The number of ketones is 1. The van der Waals surface area contributed by atoms with Crippen LogP contribution in [-0.2, 0) is 9.53 Å². The van der Waals surface area contributed by atoms with Gasteiger partial charge in [-0.25, -0.2) is 0 Å². The van der Waals surface area contributed by atoms with E-state index in [2.05, 4.69) is 11.8 Å². The van der Waals surface area contributed by atoms with E-state index in [-0.39, 0.29) is 0 Å². The molecule has 0 N–H and O–H groups in total. The summed E-state index contributed by atoms with van der Waals surface area (Å²) >= 11 is 0. The van der Waals surface area contributed by atoms with Crippen LogP contribution in [0, 0.1) is 5.92 Å². The second kappa shape index (κ2) is 7.02. The van der Waals surface area contributed by atoms with Gasteiger partial charge in [0.05, 0.1) is 13.2 Å². The number of nitrogens with zero attached hydrogens (tertiary/aromatic N) is 1. The van der Waals surface area contributed by atoms with Crippen molar-refractivity contribution in [3.05, 3.63) is 0 Å². The van der Waals surface area contributed by atoms with E-state index in [0.717, 1.165) is 12.8 Å². The minimum absolute atomic E-state index is 0.317. The van der Waals surface area contributed by atoms with Crippen molar-refractivity contribution in [2.75, 3.05) is 27.3 Å². The van der Waals surface area contributed by atoms with Gasteiger partial charge in [-0.1, -0.05) is 19.3 Å². The highest BCUT2D eigenvalue weighted by molar-refractivity contribution is 5.83. The van der Waals surface area contributed by atoms with Gasteiger partial charge in [0.15, 0.2) is 0 Å². The van der Waals surface area contributed by atoms with Gasteiger partial charge in [0.2, 0.25) is 0 Å². The van der Waals surface area contributed by atoms with Gasteiger partial charge in [0.25, 0.3) is 0 Å². The monoisotopic (exact) mass is 227 g/mol. The Kier molecular flexibility index (Phi) is 5.99. The zero-order valence-electron chi connectivity index (χ0n) is 10.9. The molecular weight excluding hydrogens is 202 g/mol. The fourth-order valence-corrected chi connectivity index (χ4v) is 2.32. The molecule has 3 heteroatoms. The van der Waals surface area contributed by atoms with Crippen LogP contribution in [0.2, 0.25) is 0 Å². The van der Waals surface area contributed by atoms with E-state index in [1.54, 1.807) is 7.11 Å². The molecule has 1 rings (SSSR count). The lowest BCUT2D eigenvalue weighted by Crippen LogP contribution is -2.39. The maximum atomic E-state index is 12.0. The SMILES string of the molecule is COCC(C)N(C)CC(=O)C1CCCCC1. The molecule has 0 saturated heterocycles. The number of methoxy groups -OCH3 is 1. The molecule has 0 aromatic rings. The maximum Gasteiger partial charge on any atom is 0.149 e. The predicted octanol–water partition coefficient (Wildman–Crippen LogP) is 2.10. The molecule has 1 fully saturated rings. The largest absolute Gasteiger partial charge is 0.383 e. The molecule has 0 bridgehead atoms. The number of carbonyl (C=O) groups is 1. The molecular formula is C13H25NO2. The summed E-state index contributed by atoms with van der Waals surface area (Å²) in [7, 11) is 3.71. The van der Waals surface area contributed by atoms with Crippen molar-refractivity contribution >= 4 is 5.78 Å². The topological polar surface area (TPSA) is 29.5 Å². The van der Waals surface area contributed by atoms with Crippen LogP contribution in [0.3, 0.4) is 0 Å². The number of likely N-dealkylation sites (N-methyl/N-ethyl adjacent to an activating group) is 1. The van der Waals surface area contributed by atoms with E-state index < -0.39 is 0 Å². The van der Waals surface area contributed by atoms with Gasteiger partial charge in [-0.2, -0.15) is 0 Å². The summed E-state index contributed by atoms with van der Waals surface area (Å²) in [5.74, 6) is 0.746. The van der Waals surface area contributed by atoms with E-state index in [0.29, 0.717) is 30.9 Å². The Morgan fingerprint density at radius 1 is 1.38 bits per heavy atom. The lowest BCUT2D eigenvalue weighted by molar-refractivity contribution is -0.125. The minimum Gasteiger partial charge on any atom is -0.383 e. The molecule has 0 aliphatic heterocycles. The highest BCUT2D eigenvalue weighted by Gasteiger charge is 2.23. The van der Waals surface area contributed by atoms with Crippen molar-refractivity contribution in [3.8, 4) is 0 Å². The zero-order chi connectivity index (χ0) is 12.0. The van der Waals surface area contributed by atoms with Crippen LogP contribution in [0.1, 0.15) is 39.0 Å². The number of ether oxygens (including phenoxy) is 1. The van der Waals surface area contributed by atoms with Gasteiger partial charge >= 0.3 is 0 Å². The van der Waals surface area contributed by atoms with E-state index >= 15 is 0 Å². The zero-order valence-corrected chi connectivity index (χ0v) is 10.9. The van der Waals surface area contributed by atoms with Crippen molar-refractivity contribution in [1.29, 1.82) is 0 Å². The smallest absolute Gasteiger partial charge is 0.149 e. The number of hydrogen-bond donors (Lipinski definition) is 0. The van der Waals surface area contributed by atoms with Crippen LogP contribution >= 0.6 is 0 Å². The van der Waals surface area contributed by atoms with Crippen LogP contribution in [0.25, 0.3) is 0 Å². The first kappa shape index (κ1) is 13.7. The van der Waals surface area contributed by atoms with E-state index in [1.165, 1.54) is 19.3 Å². The highest BCUT2D eigenvalue weighted by Crippen LogP contribution is 2.24. The molecule has 0 amide bonds. The molecule has 0 aromatic carbocycles. The third kappa shape index (κ3) is 4.22. The van der Waals surface area contributed by atoms with Gasteiger partial charge in [-0.05, 0) is 26.8 Å². The van der Waals surface area contributed by atoms with Crippen LogP contribution in [-0.4, -0.2) is 44.0 Å². The van der Waals surface area contributed by atoms with Gasteiger partial charge in [-0.15, -0.1) is 0 Å². The molecule has 0 radical (unpaired) electrons. The summed E-state index contributed by atoms with van der Waals surface area (Å²) in [6, 6.07) is 0.317. The number of hydrogen-bond acceptors (Lipinski definition) is 3. The average molecular weight is 227 g/mol. The Bertz CT molecular complexity index is 212. The van der Waals surface area contributed by atoms with Crippen molar-refractivity contribution < 1.29 is 9.53 Å². The van der Waals surface area contributed by atoms with Gasteiger partial charge < -0.3 is 4.74 Å². The third-order valence-corrected chi connectivity index (χ3v) is 3.63. The summed E-state index contributed by atoms with van der Waals surface area (Å²) in [6.45, 7) is 3.36. The van der Waals surface area contributed by atoms with Crippen molar-refractivity contribution in [2.45, 2.75) is 45.1 Å². The number of Topliss-reactive ketones (excluding diaryl/α,β-unsaturated/α-hetero) is 1. The second-order valence-electron chi connectivity index (χ2n) is 5.02. The first-order valence-corrected chi connectivity index (χ1v) is 6.37. The molecule has 0 spiro atoms. The first-order valence-electron chi connectivity index (χ1n) is 6.37. The van der Waals surface area contributed by atoms with Crippen LogP contribution in [0.4, 0.5) is 0 Å². The molecule has 3 nitrogen and oxygen atoms in total. The summed E-state index contributed by atoms with van der Waals surface area (Å²) < 4.78 is 5.10. The lowest BCUT2D eigenvalue weighted by atomic mass is 9.86. The van der Waals surface area contributed by atoms with Crippen molar-refractivity contribution in [2.24, 2.45) is 5.92 Å². The average Bonchev–Trinajstić information content (AvgIpc) is 2.30. The number of carbonyl (C=O) groups excluding carboxylic acids is 1. The predicted molar refractivity (Wildman–Crippen MR) is 65.6 cm³/mol. The minimum atomic E-state index is 0.317. The summed E-state index contributed by atoms with van der Waals surface area (Å²) in [5.41, 5.74) is 0. The quantitative estimate of drug-likeness (QED) is 0.696. The van der Waals surface area contributed by atoms with Crippen molar-refractivity contribution in [1.82, 2.24) is 4.90 Å². The molecule has 1 unspecified atom stereocenters. The van der Waals surface area contributed by atoms with Crippen LogP contribution in [0.5, 0.6) is 0 Å². The first-order chi connectivity index (χ1) is 7.65. The normalized spacial score (nSPS) is 20.0. The Morgan fingerprint density at radius 3 is 2.56 bits per heavy atom. The Hall–Kier alpha value is -0.410. The molecule has 94 valence electrons. The molecule has 1 aliphatic carbocycles. The van der Waals surface area contributed by atoms with Gasteiger partial charge in [0, 0.05) is 19.1 Å². The van der Waals surface area contributed by atoms with Crippen LogP contribution in [0.15, 0.2) is 0 Å². The molecule has 1 atom stereocenters. The highest BCUT2D eigenvalue weighted by atomic mass is 16.5. The van der Waals surface area contributed by atoms with E-state index in [4.69, 9.17) is 4.74 Å². The van der Waals surface area contributed by atoms with Crippen molar-refractivity contribution in [3.63, 3.8) is 0 Å². The fourth-order valence-electron chi connectivity index (χ4n) is 2.32. The Morgan fingerprint density at radius 2 is 2.00 bits per heavy atom. The summed E-state index contributed by atoms with van der Waals surface area (Å²) in [5, 5.41) is 0. The molecule has 1 saturated carbocycles. The second-order valence-corrected chi connectivity index (χ2v) is 5.02. The summed E-state index contributed by atoms with van der Waals surface area (Å²) in [4.78, 5) is 14.1. The van der Waals surface area contributed by atoms with E-state index in [9.17, 15) is 4.79 Å². The van der Waals surface area contributed by atoms with Crippen LogP contribution < -0.4 is 0 Å².